The molecule has 1 aliphatic rings. The summed E-state index contributed by atoms with van der Waals surface area (Å²) in [5.74, 6) is 0. The highest BCUT2D eigenvalue weighted by Gasteiger charge is 2.21. The summed E-state index contributed by atoms with van der Waals surface area (Å²) >= 11 is 0. The molecule has 21 heavy (non-hydrogen) atoms. The van der Waals surface area contributed by atoms with Gasteiger partial charge in [-0.15, -0.1) is 0 Å². The Hall–Kier alpha value is -2.02. The van der Waals surface area contributed by atoms with Gasteiger partial charge in [-0.05, 0) is 12.4 Å². The standard InChI is InChI=1S/C14H20BN3O3/c1-15(20)17-16-13-7-9-18(10-8-13)14(19)21-11-12-5-3-2-4-6-12/h2-6,17,20H,7-11H2,1H3. The van der Waals surface area contributed by atoms with Crippen LogP contribution in [0.25, 0.3) is 0 Å². The molecule has 7 heteroatoms. The molecule has 1 aromatic rings. The van der Waals surface area contributed by atoms with E-state index in [1.54, 1.807) is 11.7 Å². The van der Waals surface area contributed by atoms with Gasteiger partial charge in [0.1, 0.15) is 6.61 Å². The van der Waals surface area contributed by atoms with Gasteiger partial charge in [-0.2, -0.15) is 0 Å². The van der Waals surface area contributed by atoms with Crippen molar-refractivity contribution in [1.82, 2.24) is 10.2 Å². The highest BCUT2D eigenvalue weighted by molar-refractivity contribution is 6.45. The first-order chi connectivity index (χ1) is 10.1. The van der Waals surface area contributed by atoms with Crippen molar-refractivity contribution in [1.29, 1.82) is 0 Å². The zero-order valence-electron chi connectivity index (χ0n) is 12.2. The molecule has 1 aliphatic heterocycles. The molecule has 0 atom stereocenters. The zero-order valence-corrected chi connectivity index (χ0v) is 12.2. The molecule has 1 aromatic carbocycles. The lowest BCUT2D eigenvalue weighted by atomic mass is 9.91. The molecule has 0 bridgehead atoms. The number of piperidine rings is 1. The Morgan fingerprint density at radius 2 is 2.05 bits per heavy atom. The third-order valence-corrected chi connectivity index (χ3v) is 3.21. The molecule has 6 nitrogen and oxygen atoms in total. The minimum absolute atomic E-state index is 0.290. The first kappa shape index (κ1) is 15.4. The zero-order chi connectivity index (χ0) is 15.1. The molecule has 2 rings (SSSR count). The number of hydrazone groups is 1. The molecule has 0 radical (unpaired) electrons. The Labute approximate surface area is 124 Å². The van der Waals surface area contributed by atoms with Crippen LogP contribution in [-0.2, 0) is 11.3 Å². The summed E-state index contributed by atoms with van der Waals surface area (Å²) in [7, 11) is -0.661. The number of amides is 1. The molecular weight excluding hydrogens is 269 g/mol. The molecule has 1 heterocycles. The van der Waals surface area contributed by atoms with Crippen LogP contribution in [0.5, 0.6) is 0 Å². The van der Waals surface area contributed by atoms with Crippen molar-refractivity contribution in [3.8, 4) is 0 Å². The monoisotopic (exact) mass is 289 g/mol. The fourth-order valence-electron chi connectivity index (χ4n) is 2.05. The van der Waals surface area contributed by atoms with E-state index >= 15 is 0 Å². The maximum absolute atomic E-state index is 12.0. The lowest BCUT2D eigenvalue weighted by Gasteiger charge is -2.27. The topological polar surface area (TPSA) is 74.2 Å². The number of hydrogen-bond acceptors (Lipinski definition) is 5. The Morgan fingerprint density at radius 3 is 2.67 bits per heavy atom. The van der Waals surface area contributed by atoms with Crippen LogP contribution in [0.2, 0.25) is 6.82 Å². The second kappa shape index (κ2) is 7.68. The summed E-state index contributed by atoms with van der Waals surface area (Å²) in [5, 5.41) is 15.8. The molecule has 1 amide bonds. The summed E-state index contributed by atoms with van der Waals surface area (Å²) in [6, 6.07) is 9.62. The molecule has 0 aromatic heterocycles. The largest absolute Gasteiger partial charge is 0.445 e. The highest BCUT2D eigenvalue weighted by atomic mass is 16.6. The predicted molar refractivity (Wildman–Crippen MR) is 81.8 cm³/mol. The number of nitrogens with zero attached hydrogens (tertiary/aromatic N) is 2. The van der Waals surface area contributed by atoms with Gasteiger partial charge >= 0.3 is 13.1 Å². The minimum atomic E-state index is -0.661. The predicted octanol–water partition coefficient (Wildman–Crippen LogP) is 1.47. The second-order valence-electron chi connectivity index (χ2n) is 5.01. The van der Waals surface area contributed by atoms with Crippen molar-refractivity contribution in [2.45, 2.75) is 26.3 Å². The van der Waals surface area contributed by atoms with Crippen molar-refractivity contribution in [3.05, 3.63) is 35.9 Å². The van der Waals surface area contributed by atoms with Crippen LogP contribution in [0.15, 0.2) is 35.4 Å². The van der Waals surface area contributed by atoms with Crippen molar-refractivity contribution in [3.63, 3.8) is 0 Å². The van der Waals surface area contributed by atoms with Crippen LogP contribution in [0.3, 0.4) is 0 Å². The average Bonchev–Trinajstić information content (AvgIpc) is 2.52. The summed E-state index contributed by atoms with van der Waals surface area (Å²) in [6.45, 7) is 3.09. The van der Waals surface area contributed by atoms with Gasteiger partial charge in [0.15, 0.2) is 0 Å². The Balaban J connectivity index is 1.74. The lowest BCUT2D eigenvalue weighted by Crippen LogP contribution is -2.39. The number of rotatable bonds is 4. The molecule has 112 valence electrons. The smallest absolute Gasteiger partial charge is 0.423 e. The van der Waals surface area contributed by atoms with Gasteiger partial charge in [-0.25, -0.2) is 9.90 Å². The maximum atomic E-state index is 12.0. The molecule has 0 spiro atoms. The van der Waals surface area contributed by atoms with E-state index in [-0.39, 0.29) is 6.09 Å². The Kier molecular flexibility index (Phi) is 5.63. The van der Waals surface area contributed by atoms with Gasteiger partial charge < -0.3 is 20.0 Å². The average molecular weight is 289 g/mol. The Bertz CT molecular complexity index is 483. The van der Waals surface area contributed by atoms with E-state index < -0.39 is 7.05 Å². The van der Waals surface area contributed by atoms with Crippen molar-refractivity contribution in [2.24, 2.45) is 5.10 Å². The molecular formula is C14H20BN3O3. The lowest BCUT2D eigenvalue weighted by molar-refractivity contribution is 0.0960. The van der Waals surface area contributed by atoms with Crippen LogP contribution in [0, 0.1) is 0 Å². The first-order valence-corrected chi connectivity index (χ1v) is 7.10. The second-order valence-corrected chi connectivity index (χ2v) is 5.01. The third kappa shape index (κ3) is 5.11. The maximum Gasteiger partial charge on any atom is 0.423 e. The number of ether oxygens (including phenoxy) is 1. The number of carbonyl (C=O) groups excluding carboxylic acids is 1. The summed E-state index contributed by atoms with van der Waals surface area (Å²) in [5.41, 5.74) is 1.94. The van der Waals surface area contributed by atoms with E-state index in [0.717, 1.165) is 11.3 Å². The summed E-state index contributed by atoms with van der Waals surface area (Å²) in [6.07, 6.45) is 1.10. The van der Waals surface area contributed by atoms with Gasteiger partial charge in [0.2, 0.25) is 0 Å². The highest BCUT2D eigenvalue weighted by Crippen LogP contribution is 2.10. The third-order valence-electron chi connectivity index (χ3n) is 3.21. The summed E-state index contributed by atoms with van der Waals surface area (Å²) < 4.78 is 5.29. The summed E-state index contributed by atoms with van der Waals surface area (Å²) in [4.78, 5) is 13.6. The number of hydrogen-bond donors (Lipinski definition) is 2. The number of carbonyl (C=O) groups is 1. The van der Waals surface area contributed by atoms with E-state index in [0.29, 0.717) is 32.5 Å². The molecule has 0 aliphatic carbocycles. The van der Waals surface area contributed by atoms with E-state index in [9.17, 15) is 4.79 Å². The minimum Gasteiger partial charge on any atom is -0.445 e. The van der Waals surface area contributed by atoms with E-state index in [1.165, 1.54) is 0 Å². The van der Waals surface area contributed by atoms with E-state index in [1.807, 2.05) is 30.3 Å². The van der Waals surface area contributed by atoms with Crippen LogP contribution in [0.4, 0.5) is 4.79 Å². The van der Waals surface area contributed by atoms with Gasteiger partial charge in [-0.1, -0.05) is 30.3 Å². The van der Waals surface area contributed by atoms with Gasteiger partial charge in [0, 0.05) is 31.6 Å². The van der Waals surface area contributed by atoms with Crippen LogP contribution >= 0.6 is 0 Å². The number of nitrogens with one attached hydrogen (secondary N) is 1. The first-order valence-electron chi connectivity index (χ1n) is 7.10. The number of benzene rings is 1. The fraction of sp³-hybridized carbons (Fsp3) is 0.429. The molecule has 2 N–H and O–H groups in total. The SMILES string of the molecule is CB(O)NN=C1CCN(C(=O)OCc2ccccc2)CC1. The van der Waals surface area contributed by atoms with Gasteiger partial charge in [0.05, 0.1) is 0 Å². The van der Waals surface area contributed by atoms with Crippen LogP contribution < -0.4 is 5.34 Å². The van der Waals surface area contributed by atoms with Crippen molar-refractivity contribution < 1.29 is 14.6 Å². The van der Waals surface area contributed by atoms with Crippen LogP contribution in [0.1, 0.15) is 18.4 Å². The molecule has 1 fully saturated rings. The van der Waals surface area contributed by atoms with Crippen LogP contribution in [-0.4, -0.2) is 41.9 Å². The normalized spacial score (nSPS) is 14.6. The fourth-order valence-corrected chi connectivity index (χ4v) is 2.05. The van der Waals surface area contributed by atoms with E-state index in [2.05, 4.69) is 10.4 Å². The molecule has 1 saturated heterocycles. The molecule has 0 saturated carbocycles. The van der Waals surface area contributed by atoms with E-state index in [4.69, 9.17) is 9.76 Å². The quantitative estimate of drug-likeness (QED) is 0.650. The van der Waals surface area contributed by atoms with Gasteiger partial charge in [-0.3, -0.25) is 0 Å². The van der Waals surface area contributed by atoms with Gasteiger partial charge in [0.25, 0.3) is 0 Å². The number of likely N-dealkylation sites (tertiary alicyclic amines) is 1. The molecule has 0 unspecified atom stereocenters. The van der Waals surface area contributed by atoms with Crippen molar-refractivity contribution in [2.75, 3.05) is 13.1 Å². The van der Waals surface area contributed by atoms with Crippen molar-refractivity contribution >= 4 is 18.9 Å². The Morgan fingerprint density at radius 1 is 1.38 bits per heavy atom.